The quantitative estimate of drug-likeness (QED) is 0.762. The molecule has 7 heteroatoms. The first-order chi connectivity index (χ1) is 7.88. The third-order valence-electron chi connectivity index (χ3n) is 2.09. The number of aromatic nitrogens is 2. The Kier molecular flexibility index (Phi) is 2.53. The number of imidazole rings is 1. The van der Waals surface area contributed by atoms with E-state index in [9.17, 15) is 18.0 Å². The van der Waals surface area contributed by atoms with E-state index in [1.165, 1.54) is 29.8 Å². The Labute approximate surface area is 93.6 Å². The van der Waals surface area contributed by atoms with Gasteiger partial charge in [-0.25, -0.2) is 4.98 Å². The molecule has 2 rings (SSSR count). The van der Waals surface area contributed by atoms with Crippen molar-refractivity contribution in [2.45, 2.75) is 13.3 Å². The van der Waals surface area contributed by atoms with E-state index in [4.69, 9.17) is 0 Å². The first-order valence-corrected chi connectivity index (χ1v) is 4.61. The topological polar surface area (TPSA) is 43.6 Å². The Morgan fingerprint density at radius 3 is 2.76 bits per heavy atom. The van der Waals surface area contributed by atoms with Crippen LogP contribution in [0, 0.1) is 0 Å². The van der Waals surface area contributed by atoms with Crippen LogP contribution >= 0.6 is 0 Å². The highest BCUT2D eigenvalue weighted by Crippen LogP contribution is 2.26. The summed E-state index contributed by atoms with van der Waals surface area (Å²) in [6.07, 6.45) is -2.13. The number of ketones is 1. The fourth-order valence-corrected chi connectivity index (χ4v) is 1.45. The summed E-state index contributed by atoms with van der Waals surface area (Å²) >= 11 is 0. The highest BCUT2D eigenvalue weighted by molar-refractivity contribution is 5.93. The van der Waals surface area contributed by atoms with Crippen molar-refractivity contribution in [3.63, 3.8) is 0 Å². The van der Waals surface area contributed by atoms with Gasteiger partial charge in [0.1, 0.15) is 5.69 Å². The lowest BCUT2D eigenvalue weighted by Crippen LogP contribution is -2.17. The normalized spacial score (nSPS) is 11.8. The minimum absolute atomic E-state index is 0.0463. The van der Waals surface area contributed by atoms with Gasteiger partial charge in [0.05, 0.1) is 6.20 Å². The molecule has 0 fully saturated rings. The summed E-state index contributed by atoms with van der Waals surface area (Å²) in [5.41, 5.74) is 0.155. The van der Waals surface area contributed by atoms with E-state index >= 15 is 0 Å². The van der Waals surface area contributed by atoms with Crippen LogP contribution in [0.15, 0.2) is 24.5 Å². The molecule has 0 aromatic carbocycles. The van der Waals surface area contributed by atoms with Gasteiger partial charge in [-0.05, 0) is 12.1 Å². The Morgan fingerprint density at radius 1 is 1.47 bits per heavy atom. The Morgan fingerprint density at radius 2 is 2.18 bits per heavy atom. The van der Waals surface area contributed by atoms with Crippen LogP contribution in [0.4, 0.5) is 13.2 Å². The molecule has 0 atom stereocenters. The lowest BCUT2D eigenvalue weighted by atomic mass is 10.3. The summed E-state index contributed by atoms with van der Waals surface area (Å²) in [6.45, 7) is 1.31. The van der Waals surface area contributed by atoms with Crippen molar-refractivity contribution >= 4 is 11.4 Å². The molecule has 0 amide bonds. The molecule has 0 spiro atoms. The second-order valence-corrected chi connectivity index (χ2v) is 3.31. The van der Waals surface area contributed by atoms with Gasteiger partial charge in [0, 0.05) is 13.1 Å². The number of hydrogen-bond donors (Lipinski definition) is 0. The van der Waals surface area contributed by atoms with Crippen LogP contribution in [0.2, 0.25) is 0 Å². The number of carbonyl (C=O) groups is 1. The van der Waals surface area contributed by atoms with Crippen LogP contribution in [-0.4, -0.2) is 21.5 Å². The molecule has 2 aromatic rings. The van der Waals surface area contributed by atoms with Gasteiger partial charge in [-0.2, -0.15) is 0 Å². The number of hydrogen-bond acceptors (Lipinski definition) is 3. The van der Waals surface area contributed by atoms with Crippen molar-refractivity contribution in [3.8, 4) is 5.75 Å². The van der Waals surface area contributed by atoms with E-state index in [1.54, 1.807) is 0 Å². The predicted octanol–water partition coefficient (Wildman–Crippen LogP) is 2.44. The Hall–Kier alpha value is -2.05. The standard InChI is InChI=1S/C10H7F3N2O2/c1-6(16)7-5-14-9-8(17-10(11,12)13)3-2-4-15(7)9/h2-5H,1H3. The van der Waals surface area contributed by atoms with Crippen molar-refractivity contribution < 1.29 is 22.7 Å². The first kappa shape index (κ1) is 11.4. The number of pyridine rings is 1. The zero-order valence-corrected chi connectivity index (χ0v) is 8.65. The van der Waals surface area contributed by atoms with E-state index in [0.717, 1.165) is 6.07 Å². The summed E-state index contributed by atoms with van der Waals surface area (Å²) < 4.78 is 41.4. The fraction of sp³-hybridized carbons (Fsp3) is 0.200. The smallest absolute Gasteiger partial charge is 0.402 e. The number of halogens is 3. The minimum atomic E-state index is -4.79. The van der Waals surface area contributed by atoms with E-state index in [0.29, 0.717) is 0 Å². The zero-order valence-electron chi connectivity index (χ0n) is 8.65. The molecule has 2 heterocycles. The van der Waals surface area contributed by atoms with E-state index in [2.05, 4.69) is 9.72 Å². The largest absolute Gasteiger partial charge is 0.573 e. The third kappa shape index (κ3) is 2.22. The second-order valence-electron chi connectivity index (χ2n) is 3.31. The lowest BCUT2D eigenvalue weighted by molar-refractivity contribution is -0.274. The van der Waals surface area contributed by atoms with Crippen LogP contribution in [-0.2, 0) is 0 Å². The molecule has 4 nitrogen and oxygen atoms in total. The summed E-state index contributed by atoms with van der Waals surface area (Å²) in [6, 6.07) is 2.49. The average molecular weight is 244 g/mol. The summed E-state index contributed by atoms with van der Waals surface area (Å²) in [7, 11) is 0. The average Bonchev–Trinajstić information content (AvgIpc) is 2.59. The molecular formula is C10H7F3N2O2. The van der Waals surface area contributed by atoms with Gasteiger partial charge < -0.3 is 4.74 Å². The molecule has 0 unspecified atom stereocenters. The number of alkyl halides is 3. The van der Waals surface area contributed by atoms with Crippen molar-refractivity contribution in [2.75, 3.05) is 0 Å². The number of Topliss-reactive ketones (excluding diaryl/α,β-unsaturated/α-hetero) is 1. The highest BCUT2D eigenvalue weighted by atomic mass is 19.4. The Bertz CT molecular complexity index is 574. The molecule has 0 aliphatic rings. The van der Waals surface area contributed by atoms with Gasteiger partial charge in [-0.15, -0.1) is 13.2 Å². The molecule has 2 aromatic heterocycles. The Balaban J connectivity index is 2.56. The number of nitrogens with zero attached hydrogens (tertiary/aromatic N) is 2. The number of rotatable bonds is 2. The van der Waals surface area contributed by atoms with Crippen molar-refractivity contribution in [3.05, 3.63) is 30.2 Å². The molecule has 17 heavy (non-hydrogen) atoms. The van der Waals surface area contributed by atoms with E-state index in [1.807, 2.05) is 0 Å². The van der Waals surface area contributed by atoms with E-state index in [-0.39, 0.29) is 17.1 Å². The number of carbonyl (C=O) groups excluding carboxylic acids is 1. The van der Waals surface area contributed by atoms with Crippen LogP contribution < -0.4 is 4.74 Å². The monoisotopic (exact) mass is 244 g/mol. The van der Waals surface area contributed by atoms with Crippen molar-refractivity contribution in [2.24, 2.45) is 0 Å². The zero-order chi connectivity index (χ0) is 12.6. The van der Waals surface area contributed by atoms with Crippen LogP contribution in [0.3, 0.4) is 0 Å². The van der Waals surface area contributed by atoms with Gasteiger partial charge in [0.2, 0.25) is 0 Å². The van der Waals surface area contributed by atoms with Gasteiger partial charge in [0.25, 0.3) is 0 Å². The van der Waals surface area contributed by atoms with Gasteiger partial charge in [-0.1, -0.05) is 0 Å². The van der Waals surface area contributed by atoms with Crippen molar-refractivity contribution in [1.82, 2.24) is 9.38 Å². The van der Waals surface area contributed by atoms with E-state index < -0.39 is 12.1 Å². The minimum Gasteiger partial charge on any atom is -0.402 e. The maximum Gasteiger partial charge on any atom is 0.573 e. The highest BCUT2D eigenvalue weighted by Gasteiger charge is 2.32. The van der Waals surface area contributed by atoms with Gasteiger partial charge >= 0.3 is 6.36 Å². The van der Waals surface area contributed by atoms with Crippen LogP contribution in [0.5, 0.6) is 5.75 Å². The molecule has 0 aliphatic carbocycles. The van der Waals surface area contributed by atoms with Gasteiger partial charge in [-0.3, -0.25) is 9.20 Å². The SMILES string of the molecule is CC(=O)c1cnc2c(OC(F)(F)F)cccn12. The first-order valence-electron chi connectivity index (χ1n) is 4.61. The molecule has 0 aliphatic heterocycles. The van der Waals surface area contributed by atoms with Crippen LogP contribution in [0.1, 0.15) is 17.4 Å². The predicted molar refractivity (Wildman–Crippen MR) is 51.9 cm³/mol. The molecule has 0 radical (unpaired) electrons. The summed E-state index contributed by atoms with van der Waals surface area (Å²) in [4.78, 5) is 14.9. The lowest BCUT2D eigenvalue weighted by Gasteiger charge is -2.09. The maximum atomic E-state index is 12.1. The number of fused-ring (bicyclic) bond motifs is 1. The third-order valence-corrected chi connectivity index (χ3v) is 2.09. The molecule has 90 valence electrons. The molecule has 0 N–H and O–H groups in total. The second kappa shape index (κ2) is 3.76. The summed E-state index contributed by atoms with van der Waals surface area (Å²) in [5.74, 6) is -0.728. The molecule has 0 saturated heterocycles. The van der Waals surface area contributed by atoms with Crippen LogP contribution in [0.25, 0.3) is 5.65 Å². The van der Waals surface area contributed by atoms with Gasteiger partial charge in [0.15, 0.2) is 17.2 Å². The maximum absolute atomic E-state index is 12.1. The number of ether oxygens (including phenoxy) is 1. The molecule has 0 saturated carbocycles. The van der Waals surface area contributed by atoms with Crippen molar-refractivity contribution in [1.29, 1.82) is 0 Å². The summed E-state index contributed by atoms with van der Waals surface area (Å²) in [5, 5.41) is 0. The fourth-order valence-electron chi connectivity index (χ4n) is 1.45. The molecular weight excluding hydrogens is 237 g/mol. The molecule has 0 bridgehead atoms.